The molecular weight excluding hydrogens is 485 g/mol. The molecule has 0 fully saturated rings. The molecule has 0 bridgehead atoms. The van der Waals surface area contributed by atoms with E-state index in [-0.39, 0.29) is 24.1 Å². The van der Waals surface area contributed by atoms with Crippen LogP contribution in [0.15, 0.2) is 60.3 Å². The maximum Gasteiger partial charge on any atom is 0.253 e. The Labute approximate surface area is 205 Å². The minimum absolute atomic E-state index is 0.0803. The SMILES string of the molecule is C=CCn1c(CNC(=O)c2ccccc2Cl)nnc1SCC(=O)Nc1cc(Cl)ccc1OC. The summed E-state index contributed by atoms with van der Waals surface area (Å²) in [6.45, 7) is 4.30. The van der Waals surface area contributed by atoms with Crippen LogP contribution in [0, 0.1) is 0 Å². The number of ether oxygens (including phenoxy) is 1. The zero-order chi connectivity index (χ0) is 23.8. The van der Waals surface area contributed by atoms with Crippen LogP contribution in [0.25, 0.3) is 0 Å². The van der Waals surface area contributed by atoms with Gasteiger partial charge in [-0.25, -0.2) is 0 Å². The molecule has 0 aliphatic rings. The van der Waals surface area contributed by atoms with E-state index in [4.69, 9.17) is 27.9 Å². The zero-order valence-electron chi connectivity index (χ0n) is 17.7. The molecule has 2 N–H and O–H groups in total. The zero-order valence-corrected chi connectivity index (χ0v) is 20.0. The Balaban J connectivity index is 1.64. The summed E-state index contributed by atoms with van der Waals surface area (Å²) < 4.78 is 7.02. The summed E-state index contributed by atoms with van der Waals surface area (Å²) in [6, 6.07) is 11.7. The van der Waals surface area contributed by atoms with Crippen LogP contribution in [-0.2, 0) is 17.9 Å². The molecule has 8 nitrogen and oxygen atoms in total. The van der Waals surface area contributed by atoms with Crippen LogP contribution in [0.1, 0.15) is 16.2 Å². The van der Waals surface area contributed by atoms with Crippen molar-refractivity contribution in [3.63, 3.8) is 0 Å². The van der Waals surface area contributed by atoms with Crippen LogP contribution >= 0.6 is 35.0 Å². The average molecular weight is 506 g/mol. The molecule has 0 aliphatic heterocycles. The Kier molecular flexibility index (Phi) is 8.76. The third-order valence-corrected chi connectivity index (χ3v) is 5.93. The lowest BCUT2D eigenvalue weighted by molar-refractivity contribution is -0.113. The first-order valence-electron chi connectivity index (χ1n) is 9.74. The second-order valence-corrected chi connectivity index (χ2v) is 8.43. The normalized spacial score (nSPS) is 10.5. The van der Waals surface area contributed by atoms with Crippen molar-refractivity contribution in [3.8, 4) is 5.75 Å². The lowest BCUT2D eigenvalue weighted by Gasteiger charge is -2.11. The fourth-order valence-corrected chi connectivity index (χ4v) is 4.02. The van der Waals surface area contributed by atoms with E-state index in [1.54, 1.807) is 53.1 Å². The van der Waals surface area contributed by atoms with Gasteiger partial charge in [0.2, 0.25) is 5.91 Å². The van der Waals surface area contributed by atoms with Gasteiger partial charge in [0.25, 0.3) is 5.91 Å². The van der Waals surface area contributed by atoms with Gasteiger partial charge >= 0.3 is 0 Å². The number of hydrogen-bond donors (Lipinski definition) is 2. The van der Waals surface area contributed by atoms with Crippen LogP contribution in [0.5, 0.6) is 5.75 Å². The number of nitrogens with zero attached hydrogens (tertiary/aromatic N) is 3. The summed E-state index contributed by atoms with van der Waals surface area (Å²) >= 11 is 13.3. The molecule has 0 saturated heterocycles. The van der Waals surface area contributed by atoms with Crippen LogP contribution in [0.3, 0.4) is 0 Å². The number of allylic oxidation sites excluding steroid dienone is 1. The predicted octanol–water partition coefficient (Wildman–Crippen LogP) is 4.44. The van der Waals surface area contributed by atoms with Crippen molar-refractivity contribution < 1.29 is 14.3 Å². The fraction of sp³-hybridized carbons (Fsp3) is 0.182. The number of carbonyl (C=O) groups excluding carboxylic acids is 2. The Bertz CT molecular complexity index is 1170. The number of methoxy groups -OCH3 is 1. The summed E-state index contributed by atoms with van der Waals surface area (Å²) in [6.07, 6.45) is 1.68. The van der Waals surface area contributed by atoms with Crippen LogP contribution in [0.4, 0.5) is 5.69 Å². The summed E-state index contributed by atoms with van der Waals surface area (Å²) in [5.74, 6) is 0.524. The highest BCUT2D eigenvalue weighted by Gasteiger charge is 2.16. The average Bonchev–Trinajstić information content (AvgIpc) is 3.18. The molecule has 172 valence electrons. The topological polar surface area (TPSA) is 98.1 Å². The molecule has 2 aromatic carbocycles. The maximum absolute atomic E-state index is 12.5. The van der Waals surface area contributed by atoms with Gasteiger partial charge in [0, 0.05) is 11.6 Å². The minimum atomic E-state index is -0.321. The van der Waals surface area contributed by atoms with Crippen molar-refractivity contribution in [2.75, 3.05) is 18.2 Å². The number of rotatable bonds is 10. The first kappa shape index (κ1) is 24.6. The number of carbonyl (C=O) groups is 2. The smallest absolute Gasteiger partial charge is 0.253 e. The van der Waals surface area contributed by atoms with Crippen molar-refractivity contribution in [1.82, 2.24) is 20.1 Å². The number of nitrogens with one attached hydrogen (secondary N) is 2. The molecule has 0 unspecified atom stereocenters. The highest BCUT2D eigenvalue weighted by Crippen LogP contribution is 2.28. The minimum Gasteiger partial charge on any atom is -0.495 e. The van der Waals surface area contributed by atoms with E-state index in [1.807, 2.05) is 0 Å². The molecule has 11 heteroatoms. The molecule has 1 aromatic heterocycles. The number of amides is 2. The molecule has 2 amide bonds. The van der Waals surface area contributed by atoms with Gasteiger partial charge in [-0.15, -0.1) is 16.8 Å². The Hall–Kier alpha value is -3.01. The van der Waals surface area contributed by atoms with Crippen molar-refractivity contribution in [2.45, 2.75) is 18.2 Å². The lowest BCUT2D eigenvalue weighted by Crippen LogP contribution is -2.25. The summed E-state index contributed by atoms with van der Waals surface area (Å²) in [5.41, 5.74) is 0.850. The van der Waals surface area contributed by atoms with Gasteiger partial charge in [-0.2, -0.15) is 0 Å². The molecule has 0 atom stereocenters. The summed E-state index contributed by atoms with van der Waals surface area (Å²) in [5, 5.41) is 15.2. The van der Waals surface area contributed by atoms with E-state index in [0.29, 0.717) is 44.6 Å². The first-order chi connectivity index (χ1) is 15.9. The summed E-state index contributed by atoms with van der Waals surface area (Å²) in [7, 11) is 1.51. The Morgan fingerprint density at radius 1 is 1.21 bits per heavy atom. The van der Waals surface area contributed by atoms with Crippen molar-refractivity contribution >= 4 is 52.5 Å². The maximum atomic E-state index is 12.5. The van der Waals surface area contributed by atoms with Gasteiger partial charge < -0.3 is 19.9 Å². The standard InChI is InChI=1S/C22H21Cl2N5O3S/c1-3-10-29-19(12-25-21(31)15-6-4-5-7-16(15)24)27-28-22(29)33-13-20(30)26-17-11-14(23)8-9-18(17)32-2/h3-9,11H,1,10,12-13H2,2H3,(H,25,31)(H,26,30). The third kappa shape index (κ3) is 6.50. The fourth-order valence-electron chi connectivity index (χ4n) is 2.86. The Morgan fingerprint density at radius 2 is 2.00 bits per heavy atom. The van der Waals surface area contributed by atoms with E-state index >= 15 is 0 Å². The number of benzene rings is 2. The van der Waals surface area contributed by atoms with Gasteiger partial charge in [-0.05, 0) is 30.3 Å². The molecular formula is C22H21Cl2N5O3S. The molecule has 33 heavy (non-hydrogen) atoms. The summed E-state index contributed by atoms with van der Waals surface area (Å²) in [4.78, 5) is 24.9. The van der Waals surface area contributed by atoms with Crippen molar-refractivity contribution in [3.05, 3.63) is 76.6 Å². The van der Waals surface area contributed by atoms with E-state index in [0.717, 1.165) is 0 Å². The van der Waals surface area contributed by atoms with E-state index < -0.39 is 0 Å². The van der Waals surface area contributed by atoms with Crippen LogP contribution < -0.4 is 15.4 Å². The van der Waals surface area contributed by atoms with Gasteiger partial charge in [0.15, 0.2) is 11.0 Å². The predicted molar refractivity (Wildman–Crippen MR) is 130 cm³/mol. The van der Waals surface area contributed by atoms with Gasteiger partial charge in [-0.3, -0.25) is 9.59 Å². The number of anilines is 1. The lowest BCUT2D eigenvalue weighted by atomic mass is 10.2. The second-order valence-electron chi connectivity index (χ2n) is 6.64. The number of hydrogen-bond acceptors (Lipinski definition) is 6. The van der Waals surface area contributed by atoms with Gasteiger partial charge in [0.1, 0.15) is 5.75 Å². The van der Waals surface area contributed by atoms with Crippen LogP contribution in [-0.4, -0.2) is 39.4 Å². The van der Waals surface area contributed by atoms with E-state index in [9.17, 15) is 9.59 Å². The first-order valence-corrected chi connectivity index (χ1v) is 11.5. The molecule has 1 heterocycles. The molecule has 0 saturated carbocycles. The number of thioether (sulfide) groups is 1. The van der Waals surface area contributed by atoms with Gasteiger partial charge in [-0.1, -0.05) is 53.2 Å². The molecule has 0 radical (unpaired) electrons. The Morgan fingerprint density at radius 3 is 2.73 bits per heavy atom. The van der Waals surface area contributed by atoms with Gasteiger partial charge in [0.05, 0.1) is 35.7 Å². The second kappa shape index (κ2) is 11.7. The van der Waals surface area contributed by atoms with Crippen molar-refractivity contribution in [2.24, 2.45) is 0 Å². The molecule has 3 rings (SSSR count). The van der Waals surface area contributed by atoms with E-state index in [2.05, 4.69) is 27.4 Å². The number of aromatic nitrogens is 3. The third-order valence-electron chi connectivity index (χ3n) is 4.40. The highest BCUT2D eigenvalue weighted by atomic mass is 35.5. The molecule has 0 aliphatic carbocycles. The van der Waals surface area contributed by atoms with Crippen molar-refractivity contribution in [1.29, 1.82) is 0 Å². The molecule has 0 spiro atoms. The van der Waals surface area contributed by atoms with Crippen LogP contribution in [0.2, 0.25) is 10.0 Å². The number of halogens is 2. The largest absolute Gasteiger partial charge is 0.495 e. The highest BCUT2D eigenvalue weighted by molar-refractivity contribution is 7.99. The quantitative estimate of drug-likeness (QED) is 0.312. The monoisotopic (exact) mass is 505 g/mol. The van der Waals surface area contributed by atoms with E-state index in [1.165, 1.54) is 18.9 Å². The molecule has 3 aromatic rings.